The zero-order valence-electron chi connectivity index (χ0n) is 16.4. The van der Waals surface area contributed by atoms with Crippen LogP contribution in [0.5, 0.6) is 0 Å². The summed E-state index contributed by atoms with van der Waals surface area (Å²) in [6, 6.07) is 7.83. The fourth-order valence-corrected chi connectivity index (χ4v) is 4.41. The molecule has 1 aliphatic heterocycles. The first kappa shape index (κ1) is 20.6. The number of aromatic amines is 1. The number of nitrogens with one attached hydrogen (secondary N) is 1. The summed E-state index contributed by atoms with van der Waals surface area (Å²) >= 11 is 0. The monoisotopic (exact) mass is 416 g/mol. The molecule has 0 spiro atoms. The number of halogens is 3. The number of aldehydes is 1. The fourth-order valence-electron chi connectivity index (χ4n) is 4.41. The first-order valence-electron chi connectivity index (χ1n) is 10.1. The van der Waals surface area contributed by atoms with E-state index in [2.05, 4.69) is 9.88 Å². The van der Waals surface area contributed by atoms with Crippen molar-refractivity contribution in [1.82, 2.24) is 9.88 Å². The Morgan fingerprint density at radius 1 is 1.17 bits per heavy atom. The van der Waals surface area contributed by atoms with Crippen LogP contribution in [-0.4, -0.2) is 47.0 Å². The molecule has 158 valence electrons. The van der Waals surface area contributed by atoms with Gasteiger partial charge in [-0.25, -0.2) is 13.2 Å². The number of fused-ring (bicyclic) bond motifs is 1. The molecule has 0 radical (unpaired) electrons. The second kappa shape index (κ2) is 8.62. The quantitative estimate of drug-likeness (QED) is 0.571. The number of aliphatic hydroxyl groups excluding tert-OH is 1. The number of hydrogen-bond donors (Lipinski definition) is 2. The molecule has 2 atom stereocenters. The van der Waals surface area contributed by atoms with Crippen LogP contribution in [0, 0.1) is 23.4 Å². The molecule has 1 fully saturated rings. The van der Waals surface area contributed by atoms with Crippen molar-refractivity contribution in [2.24, 2.45) is 5.92 Å². The van der Waals surface area contributed by atoms with Gasteiger partial charge >= 0.3 is 0 Å². The summed E-state index contributed by atoms with van der Waals surface area (Å²) in [6.07, 6.45) is 2.97. The van der Waals surface area contributed by atoms with E-state index in [-0.39, 0.29) is 24.6 Å². The van der Waals surface area contributed by atoms with Gasteiger partial charge in [0, 0.05) is 35.7 Å². The highest BCUT2D eigenvalue weighted by Gasteiger charge is 2.27. The zero-order chi connectivity index (χ0) is 21.3. The SMILES string of the molecule is O=CC(Cc1c(-c2ccc(F)cc2)[nH]c2c(F)cc(F)cc12)CN1CCC[C@H]1CO. The van der Waals surface area contributed by atoms with Gasteiger partial charge in [0.05, 0.1) is 12.1 Å². The number of carbonyl (C=O) groups is 1. The van der Waals surface area contributed by atoms with Gasteiger partial charge in [-0.3, -0.25) is 4.90 Å². The maximum atomic E-state index is 14.4. The van der Waals surface area contributed by atoms with Crippen LogP contribution in [-0.2, 0) is 11.2 Å². The van der Waals surface area contributed by atoms with Gasteiger partial charge in [0.15, 0.2) is 0 Å². The third-order valence-electron chi connectivity index (χ3n) is 5.90. The highest BCUT2D eigenvalue weighted by atomic mass is 19.1. The van der Waals surface area contributed by atoms with Gasteiger partial charge in [0.2, 0.25) is 0 Å². The summed E-state index contributed by atoms with van der Waals surface area (Å²) in [5.74, 6) is -2.24. The Balaban J connectivity index is 1.74. The molecule has 7 heteroatoms. The number of likely N-dealkylation sites (tertiary alicyclic amines) is 1. The van der Waals surface area contributed by atoms with Crippen LogP contribution >= 0.6 is 0 Å². The summed E-state index contributed by atoms with van der Waals surface area (Å²) in [7, 11) is 0. The van der Waals surface area contributed by atoms with Crippen LogP contribution in [0.15, 0.2) is 36.4 Å². The predicted molar refractivity (Wildman–Crippen MR) is 109 cm³/mol. The topological polar surface area (TPSA) is 56.3 Å². The Hall–Kier alpha value is -2.64. The van der Waals surface area contributed by atoms with Gasteiger partial charge in [0.25, 0.3) is 0 Å². The number of aliphatic hydroxyl groups is 1. The highest BCUT2D eigenvalue weighted by molar-refractivity contribution is 5.91. The Morgan fingerprint density at radius 2 is 1.93 bits per heavy atom. The molecule has 1 saturated heterocycles. The van der Waals surface area contributed by atoms with Crippen molar-refractivity contribution in [2.75, 3.05) is 19.7 Å². The van der Waals surface area contributed by atoms with Crippen molar-refractivity contribution >= 4 is 17.2 Å². The second-order valence-corrected chi connectivity index (χ2v) is 7.87. The van der Waals surface area contributed by atoms with E-state index in [4.69, 9.17) is 0 Å². The molecule has 2 aromatic carbocycles. The molecule has 1 unspecified atom stereocenters. The molecule has 2 N–H and O–H groups in total. The van der Waals surface area contributed by atoms with E-state index in [0.717, 1.165) is 31.7 Å². The van der Waals surface area contributed by atoms with E-state index in [1.165, 1.54) is 18.2 Å². The average Bonchev–Trinajstić information content (AvgIpc) is 3.33. The van der Waals surface area contributed by atoms with E-state index in [0.29, 0.717) is 28.8 Å². The standard InChI is InChI=1S/C23H23F3N2O2/c24-16-5-3-15(4-6-16)22-19(20-9-17(25)10-21(26)23(20)27-22)8-14(12-29)11-28-7-1-2-18(28)13-30/h3-6,9-10,12,14,18,27,30H,1-2,7-8,11,13H2/t14?,18-/m0/s1. The van der Waals surface area contributed by atoms with Crippen molar-refractivity contribution in [2.45, 2.75) is 25.3 Å². The van der Waals surface area contributed by atoms with Gasteiger partial charge in [0.1, 0.15) is 23.7 Å². The molecule has 1 aliphatic rings. The number of H-pyrrole nitrogens is 1. The number of rotatable bonds is 7. The minimum atomic E-state index is -0.720. The second-order valence-electron chi connectivity index (χ2n) is 7.87. The van der Waals surface area contributed by atoms with Gasteiger partial charge in [-0.1, -0.05) is 0 Å². The molecule has 0 bridgehead atoms. The summed E-state index contributed by atoms with van der Waals surface area (Å²) in [6.45, 7) is 1.30. The molecule has 0 aliphatic carbocycles. The van der Waals surface area contributed by atoms with Crippen LogP contribution in [0.4, 0.5) is 13.2 Å². The third-order valence-corrected chi connectivity index (χ3v) is 5.90. The molecule has 0 amide bonds. The predicted octanol–water partition coefficient (Wildman–Crippen LogP) is 4.07. The molecule has 2 heterocycles. The lowest BCUT2D eigenvalue weighted by Gasteiger charge is -2.25. The van der Waals surface area contributed by atoms with E-state index in [9.17, 15) is 23.1 Å². The fraction of sp³-hybridized carbons (Fsp3) is 0.348. The van der Waals surface area contributed by atoms with Crippen molar-refractivity contribution in [3.63, 3.8) is 0 Å². The summed E-state index contributed by atoms with van der Waals surface area (Å²) in [5.41, 5.74) is 1.94. The van der Waals surface area contributed by atoms with E-state index < -0.39 is 23.4 Å². The lowest BCUT2D eigenvalue weighted by atomic mass is 9.95. The van der Waals surface area contributed by atoms with Crippen LogP contribution in [0.25, 0.3) is 22.2 Å². The maximum absolute atomic E-state index is 14.4. The number of aromatic nitrogens is 1. The highest BCUT2D eigenvalue weighted by Crippen LogP contribution is 2.34. The maximum Gasteiger partial charge on any atom is 0.150 e. The smallest absolute Gasteiger partial charge is 0.150 e. The largest absolute Gasteiger partial charge is 0.395 e. The molecular formula is C23H23F3N2O2. The first-order chi connectivity index (χ1) is 14.5. The van der Waals surface area contributed by atoms with Gasteiger partial charge < -0.3 is 14.9 Å². The van der Waals surface area contributed by atoms with Crippen LogP contribution in [0.3, 0.4) is 0 Å². The van der Waals surface area contributed by atoms with E-state index >= 15 is 0 Å². The van der Waals surface area contributed by atoms with Gasteiger partial charge in [-0.2, -0.15) is 0 Å². The molecule has 1 aromatic heterocycles. The van der Waals surface area contributed by atoms with Crippen molar-refractivity contribution in [3.8, 4) is 11.3 Å². The van der Waals surface area contributed by atoms with Crippen LogP contribution < -0.4 is 0 Å². The number of hydrogen-bond acceptors (Lipinski definition) is 3. The number of carbonyl (C=O) groups excluding carboxylic acids is 1. The molecule has 0 saturated carbocycles. The van der Waals surface area contributed by atoms with Crippen molar-refractivity contribution < 1.29 is 23.1 Å². The Labute approximate surface area is 172 Å². The number of benzene rings is 2. The lowest BCUT2D eigenvalue weighted by Crippen LogP contribution is -2.37. The first-order valence-corrected chi connectivity index (χ1v) is 10.1. The number of nitrogens with zero attached hydrogens (tertiary/aromatic N) is 1. The molecule has 4 rings (SSSR count). The summed E-state index contributed by atoms with van der Waals surface area (Å²) < 4.78 is 41.8. The minimum Gasteiger partial charge on any atom is -0.395 e. The Bertz CT molecular complexity index is 1050. The average molecular weight is 416 g/mol. The third kappa shape index (κ3) is 4.00. The molecule has 4 nitrogen and oxygen atoms in total. The minimum absolute atomic E-state index is 0.0295. The lowest BCUT2D eigenvalue weighted by molar-refractivity contribution is -0.111. The Kier molecular flexibility index (Phi) is 5.92. The van der Waals surface area contributed by atoms with Crippen LogP contribution in [0.1, 0.15) is 18.4 Å². The molecule has 30 heavy (non-hydrogen) atoms. The van der Waals surface area contributed by atoms with Crippen LogP contribution in [0.2, 0.25) is 0 Å². The van der Waals surface area contributed by atoms with Crippen molar-refractivity contribution in [3.05, 3.63) is 59.4 Å². The molecule has 3 aromatic rings. The zero-order valence-corrected chi connectivity index (χ0v) is 16.4. The summed E-state index contributed by atoms with van der Waals surface area (Å²) in [4.78, 5) is 17.0. The van der Waals surface area contributed by atoms with Gasteiger partial charge in [-0.15, -0.1) is 0 Å². The summed E-state index contributed by atoms with van der Waals surface area (Å²) in [5, 5.41) is 9.92. The normalized spacial score (nSPS) is 18.2. The molecular weight excluding hydrogens is 393 g/mol. The van der Waals surface area contributed by atoms with Crippen molar-refractivity contribution in [1.29, 1.82) is 0 Å². The van der Waals surface area contributed by atoms with E-state index in [1.807, 2.05) is 0 Å². The van der Waals surface area contributed by atoms with Gasteiger partial charge in [-0.05, 0) is 67.3 Å². The van der Waals surface area contributed by atoms with E-state index in [1.54, 1.807) is 12.1 Å². The Morgan fingerprint density at radius 3 is 2.63 bits per heavy atom.